The summed E-state index contributed by atoms with van der Waals surface area (Å²) in [6.07, 6.45) is -4.21. The number of amides is 1. The molecule has 6 nitrogen and oxygen atoms in total. The van der Waals surface area contributed by atoms with E-state index in [0.29, 0.717) is 32.1 Å². The lowest BCUT2D eigenvalue weighted by atomic mass is 10.2. The maximum Gasteiger partial charge on any atom is 0.403 e. The molecule has 0 spiro atoms. The van der Waals surface area contributed by atoms with Crippen molar-refractivity contribution in [3.05, 3.63) is 0 Å². The lowest BCUT2D eigenvalue weighted by Crippen LogP contribution is -2.57. The van der Waals surface area contributed by atoms with Crippen LogP contribution >= 0.6 is 24.0 Å². The van der Waals surface area contributed by atoms with Crippen LogP contribution < -0.4 is 10.6 Å². The Bertz CT molecular complexity index is 423. The first-order valence-electron chi connectivity index (χ1n) is 7.71. The number of hydrogen-bond donors (Lipinski definition) is 2. The normalized spacial score (nSPS) is 18.2. The van der Waals surface area contributed by atoms with Crippen LogP contribution in [0.4, 0.5) is 13.2 Å². The number of halogens is 4. The summed E-state index contributed by atoms with van der Waals surface area (Å²) in [6.45, 7) is 6.49. The number of rotatable bonds is 4. The molecule has 1 atom stereocenters. The van der Waals surface area contributed by atoms with Crippen molar-refractivity contribution in [1.29, 1.82) is 0 Å². The number of nitrogens with zero attached hydrogens (tertiary/aromatic N) is 3. The molecule has 2 N–H and O–H groups in total. The number of alkyl halides is 3. The maximum absolute atomic E-state index is 12.7. The third kappa shape index (κ3) is 7.41. The van der Waals surface area contributed by atoms with Crippen LogP contribution in [0.2, 0.25) is 0 Å². The predicted octanol–water partition coefficient (Wildman–Crippen LogP) is 1.27. The highest BCUT2D eigenvalue weighted by atomic mass is 127. The van der Waals surface area contributed by atoms with Crippen molar-refractivity contribution in [3.8, 4) is 0 Å². The summed E-state index contributed by atoms with van der Waals surface area (Å²) in [7, 11) is 1.59. The minimum absolute atomic E-state index is 0. The maximum atomic E-state index is 12.7. The lowest BCUT2D eigenvalue weighted by molar-refractivity contribution is -0.181. The summed E-state index contributed by atoms with van der Waals surface area (Å²) < 4.78 is 38.2. The molecular formula is C14H27F3IN5O. The number of piperazine rings is 1. The highest BCUT2D eigenvalue weighted by Crippen LogP contribution is 2.25. The third-order valence-electron chi connectivity index (χ3n) is 3.70. The van der Waals surface area contributed by atoms with Gasteiger partial charge in [0.25, 0.3) is 0 Å². The van der Waals surface area contributed by atoms with E-state index in [1.165, 1.54) is 11.8 Å². The molecule has 1 rings (SSSR count). The second kappa shape index (κ2) is 10.3. The van der Waals surface area contributed by atoms with Crippen molar-refractivity contribution >= 4 is 35.8 Å². The zero-order chi connectivity index (χ0) is 17.6. The zero-order valence-corrected chi connectivity index (χ0v) is 16.8. The average molecular weight is 465 g/mol. The van der Waals surface area contributed by atoms with Gasteiger partial charge in [-0.1, -0.05) is 0 Å². The van der Waals surface area contributed by atoms with Gasteiger partial charge in [-0.2, -0.15) is 13.2 Å². The van der Waals surface area contributed by atoms with Gasteiger partial charge in [-0.3, -0.25) is 14.7 Å². The van der Waals surface area contributed by atoms with Crippen LogP contribution in [0.1, 0.15) is 20.8 Å². The van der Waals surface area contributed by atoms with Gasteiger partial charge in [-0.25, -0.2) is 0 Å². The van der Waals surface area contributed by atoms with Crippen LogP contribution in [0.5, 0.6) is 0 Å². The number of nitrogens with one attached hydrogen (secondary N) is 2. The minimum Gasteiger partial charge on any atom is -0.352 e. The van der Waals surface area contributed by atoms with E-state index in [0.717, 1.165) is 0 Å². The van der Waals surface area contributed by atoms with Crippen LogP contribution in [0, 0.1) is 0 Å². The number of carbonyl (C=O) groups excluding carboxylic acids is 1. The molecule has 1 aliphatic heterocycles. The monoisotopic (exact) mass is 465 g/mol. The lowest BCUT2D eigenvalue weighted by Gasteiger charge is -2.39. The number of carbonyl (C=O) groups is 1. The molecular weight excluding hydrogens is 438 g/mol. The largest absolute Gasteiger partial charge is 0.403 e. The highest BCUT2D eigenvalue weighted by molar-refractivity contribution is 14.0. The van der Waals surface area contributed by atoms with Gasteiger partial charge in [0, 0.05) is 39.3 Å². The van der Waals surface area contributed by atoms with E-state index < -0.39 is 12.2 Å². The van der Waals surface area contributed by atoms with E-state index in [9.17, 15) is 18.0 Å². The quantitative estimate of drug-likeness (QED) is 0.373. The molecule has 1 unspecified atom stereocenters. The first-order valence-corrected chi connectivity index (χ1v) is 7.71. The number of aliphatic imine (C=N–C) groups is 1. The molecule has 1 heterocycles. The Balaban J connectivity index is 0.00000529. The summed E-state index contributed by atoms with van der Waals surface area (Å²) in [4.78, 5) is 19.0. The van der Waals surface area contributed by atoms with Gasteiger partial charge in [0.15, 0.2) is 5.96 Å². The fourth-order valence-electron chi connectivity index (χ4n) is 2.39. The Kier molecular flexibility index (Phi) is 9.93. The summed E-state index contributed by atoms with van der Waals surface area (Å²) in [6, 6.07) is -1.39. The molecule has 24 heavy (non-hydrogen) atoms. The van der Waals surface area contributed by atoms with E-state index in [1.54, 1.807) is 7.05 Å². The molecule has 1 amide bonds. The molecule has 0 radical (unpaired) electrons. The molecule has 0 saturated carbocycles. The van der Waals surface area contributed by atoms with Gasteiger partial charge in [0.1, 0.15) is 6.04 Å². The molecule has 10 heteroatoms. The standard InChI is InChI=1S/C14H26F3N5O.HI/c1-10(2)20-12(23)9-19-13(18-4)22-7-5-21(6-8-22)11(3)14(15,16)17;/h10-11H,5-9H2,1-4H3,(H,18,19)(H,20,23);1H. The van der Waals surface area contributed by atoms with Gasteiger partial charge in [0.2, 0.25) is 5.91 Å². The fraction of sp³-hybridized carbons (Fsp3) is 0.857. The summed E-state index contributed by atoms with van der Waals surface area (Å²) >= 11 is 0. The van der Waals surface area contributed by atoms with Crippen LogP contribution in [0.25, 0.3) is 0 Å². The molecule has 1 aliphatic rings. The Morgan fingerprint density at radius 1 is 1.17 bits per heavy atom. The second-order valence-electron chi connectivity index (χ2n) is 5.86. The second-order valence-corrected chi connectivity index (χ2v) is 5.86. The predicted molar refractivity (Wildman–Crippen MR) is 98.7 cm³/mol. The fourth-order valence-corrected chi connectivity index (χ4v) is 2.39. The molecule has 0 bridgehead atoms. The zero-order valence-electron chi connectivity index (χ0n) is 14.5. The van der Waals surface area contributed by atoms with Crippen LogP contribution in [-0.4, -0.2) is 79.7 Å². The molecule has 1 fully saturated rings. The van der Waals surface area contributed by atoms with E-state index >= 15 is 0 Å². The van der Waals surface area contributed by atoms with Crippen molar-refractivity contribution in [1.82, 2.24) is 20.4 Å². The average Bonchev–Trinajstić information content (AvgIpc) is 2.46. The van der Waals surface area contributed by atoms with Gasteiger partial charge < -0.3 is 15.5 Å². The van der Waals surface area contributed by atoms with Crippen molar-refractivity contribution in [2.24, 2.45) is 4.99 Å². The van der Waals surface area contributed by atoms with E-state index in [-0.39, 0.29) is 42.5 Å². The van der Waals surface area contributed by atoms with Gasteiger partial charge in [-0.15, -0.1) is 24.0 Å². The summed E-state index contributed by atoms with van der Waals surface area (Å²) in [5.74, 6) is 0.383. The van der Waals surface area contributed by atoms with Crippen molar-refractivity contribution in [2.45, 2.75) is 39.0 Å². The topological polar surface area (TPSA) is 60.0 Å². The molecule has 0 aliphatic carbocycles. The van der Waals surface area contributed by atoms with Gasteiger partial charge in [0.05, 0.1) is 6.54 Å². The van der Waals surface area contributed by atoms with E-state index in [1.807, 2.05) is 18.7 Å². The van der Waals surface area contributed by atoms with Crippen molar-refractivity contribution < 1.29 is 18.0 Å². The smallest absolute Gasteiger partial charge is 0.352 e. The van der Waals surface area contributed by atoms with Gasteiger partial charge >= 0.3 is 6.18 Å². The molecule has 142 valence electrons. The molecule has 0 aromatic heterocycles. The summed E-state index contributed by atoms with van der Waals surface area (Å²) in [5.41, 5.74) is 0. The minimum atomic E-state index is -4.21. The van der Waals surface area contributed by atoms with E-state index in [2.05, 4.69) is 15.6 Å². The van der Waals surface area contributed by atoms with Gasteiger partial charge in [-0.05, 0) is 20.8 Å². The molecule has 0 aromatic carbocycles. The Morgan fingerprint density at radius 3 is 2.12 bits per heavy atom. The molecule has 1 saturated heterocycles. The van der Waals surface area contributed by atoms with Crippen molar-refractivity contribution in [2.75, 3.05) is 39.8 Å². The highest BCUT2D eigenvalue weighted by Gasteiger charge is 2.41. The number of hydrogen-bond acceptors (Lipinski definition) is 3. The third-order valence-corrected chi connectivity index (χ3v) is 3.70. The SMILES string of the molecule is CN=C(NCC(=O)NC(C)C)N1CCN(C(C)C(F)(F)F)CC1.I. The van der Waals surface area contributed by atoms with Crippen LogP contribution in [0.15, 0.2) is 4.99 Å². The van der Waals surface area contributed by atoms with Crippen LogP contribution in [-0.2, 0) is 4.79 Å². The first kappa shape index (κ1) is 23.2. The van der Waals surface area contributed by atoms with Crippen molar-refractivity contribution in [3.63, 3.8) is 0 Å². The van der Waals surface area contributed by atoms with Crippen LogP contribution in [0.3, 0.4) is 0 Å². The molecule has 0 aromatic rings. The Morgan fingerprint density at radius 2 is 1.71 bits per heavy atom. The summed E-state index contributed by atoms with van der Waals surface area (Å²) in [5, 5.41) is 5.70. The number of guanidine groups is 1. The Labute approximate surface area is 158 Å². The first-order chi connectivity index (χ1) is 10.6. The Hall–Kier alpha value is -0.780. The van der Waals surface area contributed by atoms with E-state index in [4.69, 9.17) is 0 Å².